The summed E-state index contributed by atoms with van der Waals surface area (Å²) in [5.74, 6) is 1.86. The molecule has 7 heteroatoms. The number of benzene rings is 1. The van der Waals surface area contributed by atoms with Gasteiger partial charge in [0.05, 0.1) is 13.2 Å². The Bertz CT molecular complexity index is 609. The van der Waals surface area contributed by atoms with Crippen LogP contribution in [0.25, 0.3) is 0 Å². The van der Waals surface area contributed by atoms with Crippen molar-refractivity contribution in [1.82, 2.24) is 9.80 Å². The molecule has 0 aromatic heterocycles. The van der Waals surface area contributed by atoms with Crippen molar-refractivity contribution in [1.29, 1.82) is 0 Å². The molecule has 1 heterocycles. The van der Waals surface area contributed by atoms with E-state index in [9.17, 15) is 9.59 Å². The first-order valence-electron chi connectivity index (χ1n) is 9.49. The zero-order chi connectivity index (χ0) is 19.6. The van der Waals surface area contributed by atoms with Gasteiger partial charge in [0.2, 0.25) is 11.8 Å². The first-order chi connectivity index (χ1) is 13.0. The second kappa shape index (κ2) is 11.2. The summed E-state index contributed by atoms with van der Waals surface area (Å²) < 4.78 is 5.15. The summed E-state index contributed by atoms with van der Waals surface area (Å²) in [5, 5.41) is 0. The molecule has 2 amide bonds. The number of aryl methyl sites for hydroxylation is 1. The van der Waals surface area contributed by atoms with Crippen molar-refractivity contribution in [2.75, 3.05) is 45.3 Å². The van der Waals surface area contributed by atoms with Crippen LogP contribution in [0, 0.1) is 0 Å². The van der Waals surface area contributed by atoms with Gasteiger partial charge in [-0.1, -0.05) is 12.1 Å². The van der Waals surface area contributed by atoms with E-state index in [0.29, 0.717) is 45.4 Å². The zero-order valence-corrected chi connectivity index (χ0v) is 17.2. The molecule has 0 saturated carbocycles. The van der Waals surface area contributed by atoms with Gasteiger partial charge in [-0.05, 0) is 49.0 Å². The van der Waals surface area contributed by atoms with Crippen LogP contribution < -0.4 is 10.5 Å². The smallest absolute Gasteiger partial charge is 0.239 e. The maximum atomic E-state index is 12.6. The molecule has 1 aromatic carbocycles. The van der Waals surface area contributed by atoms with E-state index in [1.807, 2.05) is 40.3 Å². The third-order valence-corrected chi connectivity index (χ3v) is 5.54. The highest BCUT2D eigenvalue weighted by Crippen LogP contribution is 2.14. The molecule has 1 aromatic rings. The van der Waals surface area contributed by atoms with Crippen LogP contribution in [0.5, 0.6) is 5.75 Å². The number of hydrogen-bond donors (Lipinski definition) is 1. The Hall–Kier alpha value is -1.73. The minimum atomic E-state index is -0.435. The number of ether oxygens (including phenoxy) is 1. The molecule has 1 aliphatic heterocycles. The largest absolute Gasteiger partial charge is 0.497 e. The lowest BCUT2D eigenvalue weighted by molar-refractivity contribution is -0.134. The molecule has 0 unspecified atom stereocenters. The van der Waals surface area contributed by atoms with Crippen LogP contribution >= 0.6 is 11.8 Å². The van der Waals surface area contributed by atoms with Gasteiger partial charge in [-0.3, -0.25) is 9.59 Å². The second-order valence-corrected chi connectivity index (χ2v) is 7.78. The number of methoxy groups -OCH3 is 1. The van der Waals surface area contributed by atoms with E-state index in [0.717, 1.165) is 23.5 Å². The van der Waals surface area contributed by atoms with Crippen LogP contribution in [0.4, 0.5) is 0 Å². The Kier molecular flexibility index (Phi) is 8.94. The predicted molar refractivity (Wildman–Crippen MR) is 110 cm³/mol. The summed E-state index contributed by atoms with van der Waals surface area (Å²) in [6.45, 7) is 2.53. The molecule has 0 aliphatic carbocycles. The molecule has 0 radical (unpaired) electrons. The van der Waals surface area contributed by atoms with Gasteiger partial charge in [-0.25, -0.2) is 0 Å². The number of nitrogens with zero attached hydrogens (tertiary/aromatic N) is 2. The molecule has 6 nitrogen and oxygen atoms in total. The predicted octanol–water partition coefficient (Wildman–Crippen LogP) is 1.77. The van der Waals surface area contributed by atoms with Gasteiger partial charge in [-0.2, -0.15) is 11.8 Å². The maximum absolute atomic E-state index is 12.6. The first kappa shape index (κ1) is 21.6. The Balaban J connectivity index is 1.80. The highest BCUT2D eigenvalue weighted by atomic mass is 32.2. The number of carbonyl (C=O) groups is 2. The van der Waals surface area contributed by atoms with E-state index < -0.39 is 6.04 Å². The van der Waals surface area contributed by atoms with Crippen molar-refractivity contribution in [3.05, 3.63) is 29.8 Å². The van der Waals surface area contributed by atoms with E-state index in [2.05, 4.69) is 0 Å². The van der Waals surface area contributed by atoms with Crippen molar-refractivity contribution in [2.45, 2.75) is 31.7 Å². The third kappa shape index (κ3) is 6.74. The Morgan fingerprint density at radius 2 is 1.81 bits per heavy atom. The standard InChI is InChI=1S/C20H31N3O3S/c1-26-17-7-4-16(5-8-17)6-9-19(24)22-11-3-12-23(14-13-22)20(25)18(21)10-15-27-2/h4-5,7-8,18H,3,6,9-15,21H2,1-2H3/t18-/m0/s1. The van der Waals surface area contributed by atoms with Crippen molar-refractivity contribution < 1.29 is 14.3 Å². The van der Waals surface area contributed by atoms with Gasteiger partial charge in [0.15, 0.2) is 0 Å². The molecule has 0 spiro atoms. The summed E-state index contributed by atoms with van der Waals surface area (Å²) in [5.41, 5.74) is 7.14. The molecule has 0 bridgehead atoms. The van der Waals surface area contributed by atoms with Gasteiger partial charge in [-0.15, -0.1) is 0 Å². The first-order valence-corrected chi connectivity index (χ1v) is 10.9. The molecule has 27 heavy (non-hydrogen) atoms. The minimum absolute atomic E-state index is 0.0107. The van der Waals surface area contributed by atoms with E-state index in [1.54, 1.807) is 18.9 Å². The topological polar surface area (TPSA) is 75.9 Å². The fourth-order valence-corrected chi connectivity index (χ4v) is 3.68. The third-order valence-electron chi connectivity index (χ3n) is 4.90. The fourth-order valence-electron chi connectivity index (χ4n) is 3.19. The maximum Gasteiger partial charge on any atom is 0.239 e. The summed E-state index contributed by atoms with van der Waals surface area (Å²) in [4.78, 5) is 28.7. The van der Waals surface area contributed by atoms with Crippen LogP contribution in [0.1, 0.15) is 24.8 Å². The lowest BCUT2D eigenvalue weighted by Crippen LogP contribution is -2.45. The van der Waals surface area contributed by atoms with E-state index in [-0.39, 0.29) is 11.8 Å². The average Bonchev–Trinajstić information content (AvgIpc) is 2.96. The molecule has 1 aliphatic rings. The molecule has 2 rings (SSSR count). The van der Waals surface area contributed by atoms with Crippen LogP contribution in [0.2, 0.25) is 0 Å². The molecule has 150 valence electrons. The monoisotopic (exact) mass is 393 g/mol. The highest BCUT2D eigenvalue weighted by molar-refractivity contribution is 7.98. The van der Waals surface area contributed by atoms with Crippen molar-refractivity contribution in [3.63, 3.8) is 0 Å². The van der Waals surface area contributed by atoms with Crippen molar-refractivity contribution >= 4 is 23.6 Å². The quantitative estimate of drug-likeness (QED) is 0.728. The van der Waals surface area contributed by atoms with Crippen molar-refractivity contribution in [3.8, 4) is 5.75 Å². The van der Waals surface area contributed by atoms with Gasteiger partial charge >= 0.3 is 0 Å². The summed E-state index contributed by atoms with van der Waals surface area (Å²) in [6, 6.07) is 7.37. The van der Waals surface area contributed by atoms with Crippen LogP contribution in [0.15, 0.2) is 24.3 Å². The van der Waals surface area contributed by atoms with Crippen LogP contribution in [-0.2, 0) is 16.0 Å². The van der Waals surface area contributed by atoms with Crippen molar-refractivity contribution in [2.24, 2.45) is 5.73 Å². The highest BCUT2D eigenvalue weighted by Gasteiger charge is 2.25. The minimum Gasteiger partial charge on any atom is -0.497 e. The molecular weight excluding hydrogens is 362 g/mol. The molecule has 2 N–H and O–H groups in total. The average molecular weight is 394 g/mol. The fraction of sp³-hybridized carbons (Fsp3) is 0.600. The van der Waals surface area contributed by atoms with E-state index in [1.165, 1.54) is 0 Å². The molecule has 1 saturated heterocycles. The number of amides is 2. The zero-order valence-electron chi connectivity index (χ0n) is 16.4. The normalized spacial score (nSPS) is 16.0. The van der Waals surface area contributed by atoms with Crippen LogP contribution in [-0.4, -0.2) is 73.0 Å². The van der Waals surface area contributed by atoms with Gasteiger partial charge in [0, 0.05) is 32.6 Å². The Labute approximate surface area is 166 Å². The van der Waals surface area contributed by atoms with E-state index in [4.69, 9.17) is 10.5 Å². The summed E-state index contributed by atoms with van der Waals surface area (Å²) in [6.07, 6.45) is 4.70. The molecule has 1 fully saturated rings. The number of carbonyl (C=O) groups excluding carboxylic acids is 2. The Morgan fingerprint density at radius 3 is 2.48 bits per heavy atom. The number of nitrogens with two attached hydrogens (primary N) is 1. The second-order valence-electron chi connectivity index (χ2n) is 6.80. The van der Waals surface area contributed by atoms with Gasteiger partial charge in [0.1, 0.15) is 5.75 Å². The lowest BCUT2D eigenvalue weighted by atomic mass is 10.1. The SMILES string of the molecule is COc1ccc(CCC(=O)N2CCCN(C(=O)[C@@H](N)CCSC)CC2)cc1. The van der Waals surface area contributed by atoms with E-state index >= 15 is 0 Å². The van der Waals surface area contributed by atoms with Gasteiger partial charge in [0.25, 0.3) is 0 Å². The lowest BCUT2D eigenvalue weighted by Gasteiger charge is -2.24. The number of rotatable bonds is 8. The summed E-state index contributed by atoms with van der Waals surface area (Å²) >= 11 is 1.70. The van der Waals surface area contributed by atoms with Crippen LogP contribution in [0.3, 0.4) is 0 Å². The number of thioether (sulfide) groups is 1. The number of hydrogen-bond acceptors (Lipinski definition) is 5. The van der Waals surface area contributed by atoms with Gasteiger partial charge < -0.3 is 20.3 Å². The molecular formula is C20H31N3O3S. The summed E-state index contributed by atoms with van der Waals surface area (Å²) in [7, 11) is 1.64. The Morgan fingerprint density at radius 1 is 1.15 bits per heavy atom. The molecule has 1 atom stereocenters.